The molecule has 1 heterocycles. The molecule has 0 saturated heterocycles. The summed E-state index contributed by atoms with van der Waals surface area (Å²) in [6, 6.07) is 2.40. The third kappa shape index (κ3) is 2.45. The van der Waals surface area contributed by atoms with E-state index in [2.05, 4.69) is 5.32 Å². The van der Waals surface area contributed by atoms with Gasteiger partial charge in [0.05, 0.1) is 8.67 Å². The number of thiophene rings is 1. The molecule has 2 saturated carbocycles. The van der Waals surface area contributed by atoms with Crippen LogP contribution in [0.2, 0.25) is 8.67 Å². The number of hydrogen-bond acceptors (Lipinski definition) is 2. The predicted molar refractivity (Wildman–Crippen MR) is 79.7 cm³/mol. The Morgan fingerprint density at radius 1 is 1.39 bits per heavy atom. The molecule has 18 heavy (non-hydrogen) atoms. The smallest absolute Gasteiger partial charge is 0.0991 e. The minimum Gasteiger partial charge on any atom is -0.313 e. The van der Waals surface area contributed by atoms with E-state index in [-0.39, 0.29) is 0 Å². The zero-order valence-electron chi connectivity index (χ0n) is 10.6. The number of fused-ring (bicyclic) bond motifs is 2. The molecule has 2 aliphatic rings. The minimum atomic E-state index is 0.366. The monoisotopic (exact) mass is 303 g/mol. The maximum absolute atomic E-state index is 6.28. The van der Waals surface area contributed by atoms with Crippen LogP contribution in [0, 0.1) is 17.8 Å². The van der Waals surface area contributed by atoms with E-state index in [0.29, 0.717) is 6.04 Å². The van der Waals surface area contributed by atoms with E-state index in [1.165, 1.54) is 49.0 Å². The summed E-state index contributed by atoms with van der Waals surface area (Å²) in [5.41, 5.74) is 1.19. The summed E-state index contributed by atoms with van der Waals surface area (Å²) in [7, 11) is 2.03. The summed E-state index contributed by atoms with van der Waals surface area (Å²) in [6.07, 6.45) is 7.03. The lowest BCUT2D eigenvalue weighted by Crippen LogP contribution is -2.22. The van der Waals surface area contributed by atoms with E-state index < -0.39 is 0 Å². The molecule has 1 nitrogen and oxygen atoms in total. The molecule has 100 valence electrons. The average Bonchev–Trinajstić information content (AvgIpc) is 3.01. The first-order valence-corrected chi connectivity index (χ1v) is 8.36. The summed E-state index contributed by atoms with van der Waals surface area (Å²) >= 11 is 13.8. The molecular formula is C14H19Cl2NS. The quantitative estimate of drug-likeness (QED) is 0.812. The second kappa shape index (κ2) is 5.32. The van der Waals surface area contributed by atoms with E-state index in [1.54, 1.807) is 0 Å². The van der Waals surface area contributed by atoms with Crippen LogP contribution in [-0.4, -0.2) is 7.05 Å². The summed E-state index contributed by atoms with van der Waals surface area (Å²) in [6.45, 7) is 0. The minimum absolute atomic E-state index is 0.366. The Morgan fingerprint density at radius 2 is 2.22 bits per heavy atom. The van der Waals surface area contributed by atoms with Crippen LogP contribution >= 0.6 is 34.5 Å². The molecule has 3 rings (SSSR count). The Kier molecular flexibility index (Phi) is 3.91. The Labute approximate surface area is 123 Å². The molecule has 2 bridgehead atoms. The molecule has 1 aromatic heterocycles. The van der Waals surface area contributed by atoms with Crippen LogP contribution in [0.5, 0.6) is 0 Å². The lowest BCUT2D eigenvalue weighted by atomic mass is 9.83. The molecule has 2 fully saturated rings. The summed E-state index contributed by atoms with van der Waals surface area (Å²) in [4.78, 5) is 0. The highest BCUT2D eigenvalue weighted by Crippen LogP contribution is 2.51. The Bertz CT molecular complexity index is 431. The van der Waals surface area contributed by atoms with Crippen molar-refractivity contribution >= 4 is 34.5 Å². The van der Waals surface area contributed by atoms with Crippen molar-refractivity contribution in [2.24, 2.45) is 17.8 Å². The van der Waals surface area contributed by atoms with Crippen molar-refractivity contribution in [2.75, 3.05) is 7.05 Å². The van der Waals surface area contributed by atoms with Gasteiger partial charge in [-0.25, -0.2) is 0 Å². The van der Waals surface area contributed by atoms with Crippen LogP contribution in [0.3, 0.4) is 0 Å². The average molecular weight is 304 g/mol. The molecular weight excluding hydrogens is 285 g/mol. The van der Waals surface area contributed by atoms with Crippen molar-refractivity contribution in [1.82, 2.24) is 5.32 Å². The van der Waals surface area contributed by atoms with Crippen molar-refractivity contribution in [1.29, 1.82) is 0 Å². The van der Waals surface area contributed by atoms with Crippen molar-refractivity contribution in [3.63, 3.8) is 0 Å². The van der Waals surface area contributed by atoms with Crippen molar-refractivity contribution in [2.45, 2.75) is 38.1 Å². The zero-order valence-corrected chi connectivity index (χ0v) is 12.9. The van der Waals surface area contributed by atoms with Crippen LogP contribution < -0.4 is 5.32 Å². The van der Waals surface area contributed by atoms with E-state index in [9.17, 15) is 0 Å². The van der Waals surface area contributed by atoms with Crippen molar-refractivity contribution in [3.8, 4) is 0 Å². The maximum atomic E-state index is 6.28. The summed E-state index contributed by atoms with van der Waals surface area (Å²) in [5.74, 6) is 2.87. The van der Waals surface area contributed by atoms with Gasteiger partial charge in [0.15, 0.2) is 0 Å². The van der Waals surface area contributed by atoms with Gasteiger partial charge in [-0.2, -0.15) is 0 Å². The van der Waals surface area contributed by atoms with Gasteiger partial charge in [0, 0.05) is 11.6 Å². The standard InChI is InChI=1S/C14H19Cl2NS/c1-17-12(11-7-13(15)18-14(11)16)6-10-5-8-2-3-9(10)4-8/h7-10,12,17H,2-6H2,1H3. The Hall–Kier alpha value is 0.240. The van der Waals surface area contributed by atoms with E-state index >= 15 is 0 Å². The molecule has 0 spiro atoms. The van der Waals surface area contributed by atoms with Crippen molar-refractivity contribution in [3.05, 3.63) is 20.3 Å². The summed E-state index contributed by atoms with van der Waals surface area (Å²) < 4.78 is 1.64. The molecule has 0 aliphatic heterocycles. The number of nitrogens with one attached hydrogen (secondary N) is 1. The fraction of sp³-hybridized carbons (Fsp3) is 0.714. The number of halogens is 2. The van der Waals surface area contributed by atoms with Gasteiger partial charge < -0.3 is 5.32 Å². The van der Waals surface area contributed by atoms with Crippen LogP contribution in [-0.2, 0) is 0 Å². The summed E-state index contributed by atoms with van der Waals surface area (Å²) in [5, 5.41) is 3.42. The first-order valence-electron chi connectivity index (χ1n) is 6.79. The third-order valence-corrected chi connectivity index (χ3v) is 6.35. The second-order valence-electron chi connectivity index (χ2n) is 5.79. The molecule has 4 unspecified atom stereocenters. The second-order valence-corrected chi connectivity index (χ2v) is 8.08. The van der Waals surface area contributed by atoms with Gasteiger partial charge in [-0.3, -0.25) is 0 Å². The molecule has 0 amide bonds. The van der Waals surface area contributed by atoms with Gasteiger partial charge in [-0.05, 0) is 56.6 Å². The molecule has 2 aliphatic carbocycles. The molecule has 1 N–H and O–H groups in total. The van der Waals surface area contributed by atoms with E-state index in [0.717, 1.165) is 26.4 Å². The van der Waals surface area contributed by atoms with Crippen LogP contribution in [0.1, 0.15) is 43.7 Å². The van der Waals surface area contributed by atoms with Gasteiger partial charge in [0.25, 0.3) is 0 Å². The first kappa shape index (κ1) is 13.2. The van der Waals surface area contributed by atoms with Crippen LogP contribution in [0.15, 0.2) is 6.07 Å². The fourth-order valence-corrected chi connectivity index (χ4v) is 5.54. The highest BCUT2D eigenvalue weighted by molar-refractivity contribution is 7.20. The highest BCUT2D eigenvalue weighted by atomic mass is 35.5. The highest BCUT2D eigenvalue weighted by Gasteiger charge is 2.40. The third-order valence-electron chi connectivity index (χ3n) is 4.83. The zero-order chi connectivity index (χ0) is 12.7. The molecule has 0 radical (unpaired) electrons. The topological polar surface area (TPSA) is 12.0 Å². The van der Waals surface area contributed by atoms with Gasteiger partial charge in [-0.1, -0.05) is 29.6 Å². The van der Waals surface area contributed by atoms with Gasteiger partial charge in [0.1, 0.15) is 0 Å². The first-order chi connectivity index (χ1) is 8.67. The van der Waals surface area contributed by atoms with Gasteiger partial charge in [-0.15, -0.1) is 11.3 Å². The molecule has 1 aromatic rings. The fourth-order valence-electron chi connectivity index (χ4n) is 3.96. The molecule has 4 atom stereocenters. The molecule has 0 aromatic carbocycles. The maximum Gasteiger partial charge on any atom is 0.0991 e. The lowest BCUT2D eigenvalue weighted by Gasteiger charge is -2.26. The SMILES string of the molecule is CNC(CC1CC2CCC1C2)c1cc(Cl)sc1Cl. The van der Waals surface area contributed by atoms with Gasteiger partial charge in [0.2, 0.25) is 0 Å². The predicted octanol–water partition coefficient (Wildman–Crippen LogP) is 5.14. The molecule has 4 heteroatoms. The normalized spacial score (nSPS) is 32.1. The van der Waals surface area contributed by atoms with Crippen LogP contribution in [0.4, 0.5) is 0 Å². The van der Waals surface area contributed by atoms with Gasteiger partial charge >= 0.3 is 0 Å². The lowest BCUT2D eigenvalue weighted by molar-refractivity contribution is 0.284. The Balaban J connectivity index is 1.71. The number of rotatable bonds is 4. The van der Waals surface area contributed by atoms with E-state index in [4.69, 9.17) is 23.2 Å². The number of hydrogen-bond donors (Lipinski definition) is 1. The van der Waals surface area contributed by atoms with Crippen LogP contribution in [0.25, 0.3) is 0 Å². The van der Waals surface area contributed by atoms with Crippen molar-refractivity contribution < 1.29 is 0 Å². The Morgan fingerprint density at radius 3 is 2.72 bits per heavy atom. The largest absolute Gasteiger partial charge is 0.313 e. The van der Waals surface area contributed by atoms with E-state index in [1.807, 2.05) is 13.1 Å².